The van der Waals surface area contributed by atoms with Gasteiger partial charge in [-0.2, -0.15) is 0 Å². The van der Waals surface area contributed by atoms with Gasteiger partial charge in [0.15, 0.2) is 5.82 Å². The van der Waals surface area contributed by atoms with Crippen LogP contribution in [0.25, 0.3) is 116 Å². The van der Waals surface area contributed by atoms with E-state index in [0.29, 0.717) is 5.82 Å². The van der Waals surface area contributed by atoms with E-state index in [2.05, 4.69) is 174 Å². The molecule has 3 heterocycles. The molecule has 0 radical (unpaired) electrons. The largest absolute Gasteiger partial charge is 0.456 e. The number of rotatable bonds is 4. The highest BCUT2D eigenvalue weighted by Crippen LogP contribution is 2.43. The van der Waals surface area contributed by atoms with E-state index in [0.717, 1.165) is 66.1 Å². The third-order valence-electron chi connectivity index (χ3n) is 11.4. The summed E-state index contributed by atoms with van der Waals surface area (Å²) in [6.45, 7) is 0. The molecule has 9 aromatic carbocycles. The maximum atomic E-state index is 6.32. The number of aromatic nitrogens is 3. The molecule has 3 aromatic heterocycles. The van der Waals surface area contributed by atoms with Crippen LogP contribution in [0.2, 0.25) is 0 Å². The minimum Gasteiger partial charge on any atom is -0.456 e. The lowest BCUT2D eigenvalue weighted by atomic mass is 9.98. The standard InChI is InChI=1S/C52H31N3O/c1-2-13-32(14-3-1)36-21-12-23-46-50(36)43-29-33-15-4-5-16-34(33)30-47(43)55(46)45-28-27-41(37-17-6-7-18-38(37)45)52-53-44-22-10-8-20-42(44)51(54-52)35-25-26-40-39-19-9-11-24-48(39)56-49(40)31-35/h1-31H. The van der Waals surface area contributed by atoms with Crippen LogP contribution in [0.4, 0.5) is 0 Å². The first kappa shape index (κ1) is 30.9. The lowest BCUT2D eigenvalue weighted by Crippen LogP contribution is -1.99. The third-order valence-corrected chi connectivity index (χ3v) is 11.4. The van der Waals surface area contributed by atoms with Gasteiger partial charge in [-0.3, -0.25) is 0 Å². The van der Waals surface area contributed by atoms with Gasteiger partial charge in [-0.25, -0.2) is 9.97 Å². The highest BCUT2D eigenvalue weighted by molar-refractivity contribution is 6.19. The van der Waals surface area contributed by atoms with E-state index >= 15 is 0 Å². The first-order valence-corrected chi connectivity index (χ1v) is 19.0. The second-order valence-corrected chi connectivity index (χ2v) is 14.5. The summed E-state index contributed by atoms with van der Waals surface area (Å²) in [6.07, 6.45) is 0. The van der Waals surface area contributed by atoms with Crippen molar-refractivity contribution in [2.45, 2.75) is 0 Å². The zero-order valence-electron chi connectivity index (χ0n) is 30.1. The monoisotopic (exact) mass is 713 g/mol. The number of hydrogen-bond donors (Lipinski definition) is 0. The van der Waals surface area contributed by atoms with Crippen LogP contribution < -0.4 is 0 Å². The number of nitrogens with zero attached hydrogens (tertiary/aromatic N) is 3. The van der Waals surface area contributed by atoms with E-state index in [9.17, 15) is 0 Å². The van der Waals surface area contributed by atoms with Crippen LogP contribution >= 0.6 is 0 Å². The molecular weight excluding hydrogens is 683 g/mol. The minimum absolute atomic E-state index is 0.686. The fraction of sp³-hybridized carbons (Fsp3) is 0. The minimum atomic E-state index is 0.686. The predicted octanol–water partition coefficient (Wildman–Crippen LogP) is 13.9. The van der Waals surface area contributed by atoms with Crippen molar-refractivity contribution >= 4 is 76.2 Å². The quantitative estimate of drug-likeness (QED) is 0.182. The smallest absolute Gasteiger partial charge is 0.161 e. The number of fused-ring (bicyclic) bond motifs is 9. The maximum absolute atomic E-state index is 6.32. The molecule has 0 aliphatic heterocycles. The Bertz CT molecular complexity index is 3540. The van der Waals surface area contributed by atoms with Crippen molar-refractivity contribution in [3.63, 3.8) is 0 Å². The SMILES string of the molecule is c1ccc(-c2cccc3c2c2cc4ccccc4cc2n3-c2ccc(-c3nc(-c4ccc5c(c4)oc4ccccc45)c4ccccc4n3)c3ccccc23)cc1. The second-order valence-electron chi connectivity index (χ2n) is 14.5. The Morgan fingerprint density at radius 2 is 1.11 bits per heavy atom. The van der Waals surface area contributed by atoms with Crippen LogP contribution in [0.15, 0.2) is 192 Å². The molecule has 4 heteroatoms. The molecule has 0 aliphatic rings. The summed E-state index contributed by atoms with van der Waals surface area (Å²) in [5.41, 5.74) is 11.4. The van der Waals surface area contributed by atoms with Crippen molar-refractivity contribution in [3.8, 4) is 39.5 Å². The van der Waals surface area contributed by atoms with E-state index in [1.54, 1.807) is 0 Å². The Kier molecular flexibility index (Phi) is 6.60. The Morgan fingerprint density at radius 3 is 1.98 bits per heavy atom. The summed E-state index contributed by atoms with van der Waals surface area (Å²) in [4.78, 5) is 10.6. The normalized spacial score (nSPS) is 11.9. The van der Waals surface area contributed by atoms with E-state index in [-0.39, 0.29) is 0 Å². The molecule has 56 heavy (non-hydrogen) atoms. The summed E-state index contributed by atoms with van der Waals surface area (Å²) in [5, 5.41) is 10.3. The average Bonchev–Trinajstić information content (AvgIpc) is 3.80. The zero-order chi connectivity index (χ0) is 36.7. The lowest BCUT2D eigenvalue weighted by molar-refractivity contribution is 0.669. The Morgan fingerprint density at radius 1 is 0.393 bits per heavy atom. The van der Waals surface area contributed by atoms with Gasteiger partial charge >= 0.3 is 0 Å². The Labute approximate surface area is 321 Å². The van der Waals surface area contributed by atoms with Crippen molar-refractivity contribution in [3.05, 3.63) is 188 Å². The fourth-order valence-electron chi connectivity index (χ4n) is 8.83. The molecule has 0 spiro atoms. The van der Waals surface area contributed by atoms with Crippen molar-refractivity contribution < 1.29 is 4.42 Å². The van der Waals surface area contributed by atoms with Crippen LogP contribution in [-0.2, 0) is 0 Å². The first-order chi connectivity index (χ1) is 27.8. The molecule has 0 fully saturated rings. The number of para-hydroxylation sites is 2. The highest BCUT2D eigenvalue weighted by Gasteiger charge is 2.21. The molecule has 0 unspecified atom stereocenters. The molecule has 0 bridgehead atoms. The van der Waals surface area contributed by atoms with Crippen molar-refractivity contribution in [1.82, 2.24) is 14.5 Å². The molecule has 0 atom stereocenters. The van der Waals surface area contributed by atoms with Gasteiger partial charge in [0.05, 0.1) is 27.9 Å². The fourth-order valence-corrected chi connectivity index (χ4v) is 8.83. The number of benzene rings is 9. The van der Waals surface area contributed by atoms with Crippen LogP contribution in [-0.4, -0.2) is 14.5 Å². The molecule has 12 rings (SSSR count). The van der Waals surface area contributed by atoms with Crippen molar-refractivity contribution in [1.29, 1.82) is 0 Å². The van der Waals surface area contributed by atoms with E-state index < -0.39 is 0 Å². The van der Waals surface area contributed by atoms with Gasteiger partial charge in [-0.1, -0.05) is 133 Å². The van der Waals surface area contributed by atoms with Crippen molar-refractivity contribution in [2.75, 3.05) is 0 Å². The van der Waals surface area contributed by atoms with E-state index in [1.807, 2.05) is 18.2 Å². The van der Waals surface area contributed by atoms with Gasteiger partial charge in [-0.05, 0) is 81.9 Å². The van der Waals surface area contributed by atoms with Crippen LogP contribution in [0.1, 0.15) is 0 Å². The summed E-state index contributed by atoms with van der Waals surface area (Å²) in [7, 11) is 0. The van der Waals surface area contributed by atoms with Crippen LogP contribution in [0.3, 0.4) is 0 Å². The molecule has 12 aromatic rings. The summed E-state index contributed by atoms with van der Waals surface area (Å²) >= 11 is 0. The zero-order valence-corrected chi connectivity index (χ0v) is 30.1. The predicted molar refractivity (Wildman–Crippen MR) is 232 cm³/mol. The molecule has 4 nitrogen and oxygen atoms in total. The molecular formula is C52H31N3O. The average molecular weight is 714 g/mol. The molecule has 0 aliphatic carbocycles. The molecule has 0 saturated carbocycles. The molecule has 260 valence electrons. The summed E-state index contributed by atoms with van der Waals surface area (Å²) in [6, 6.07) is 66.8. The second kappa shape index (κ2) is 12.0. The number of hydrogen-bond acceptors (Lipinski definition) is 3. The van der Waals surface area contributed by atoms with Gasteiger partial charge in [0.2, 0.25) is 0 Å². The lowest BCUT2D eigenvalue weighted by Gasteiger charge is -2.16. The van der Waals surface area contributed by atoms with Crippen molar-refractivity contribution in [2.24, 2.45) is 0 Å². The Balaban J connectivity index is 1.10. The van der Waals surface area contributed by atoms with Gasteiger partial charge in [0, 0.05) is 43.4 Å². The Hall–Kier alpha value is -7.56. The van der Waals surface area contributed by atoms with Crippen LogP contribution in [0, 0.1) is 0 Å². The van der Waals surface area contributed by atoms with E-state index in [4.69, 9.17) is 14.4 Å². The summed E-state index contributed by atoms with van der Waals surface area (Å²) in [5.74, 6) is 0.686. The van der Waals surface area contributed by atoms with Gasteiger partial charge in [-0.15, -0.1) is 0 Å². The number of furan rings is 1. The van der Waals surface area contributed by atoms with Crippen LogP contribution in [0.5, 0.6) is 0 Å². The maximum Gasteiger partial charge on any atom is 0.161 e. The highest BCUT2D eigenvalue weighted by atomic mass is 16.3. The topological polar surface area (TPSA) is 43.9 Å². The molecule has 0 N–H and O–H groups in total. The van der Waals surface area contributed by atoms with Gasteiger partial charge in [0.1, 0.15) is 11.2 Å². The summed E-state index contributed by atoms with van der Waals surface area (Å²) < 4.78 is 8.77. The van der Waals surface area contributed by atoms with Gasteiger partial charge < -0.3 is 8.98 Å². The third kappa shape index (κ3) is 4.60. The van der Waals surface area contributed by atoms with Gasteiger partial charge in [0.25, 0.3) is 0 Å². The molecule has 0 saturated heterocycles. The van der Waals surface area contributed by atoms with E-state index in [1.165, 1.54) is 43.7 Å². The first-order valence-electron chi connectivity index (χ1n) is 19.0. The molecule has 0 amide bonds.